The first-order valence-corrected chi connectivity index (χ1v) is 9.57. The molecule has 1 unspecified atom stereocenters. The zero-order chi connectivity index (χ0) is 21.7. The summed E-state index contributed by atoms with van der Waals surface area (Å²) >= 11 is 0. The van der Waals surface area contributed by atoms with Gasteiger partial charge in [-0.1, -0.05) is 36.4 Å². The van der Waals surface area contributed by atoms with Gasteiger partial charge in [0.15, 0.2) is 0 Å². The molecule has 3 rings (SSSR count). The zero-order valence-electron chi connectivity index (χ0n) is 16.9. The van der Waals surface area contributed by atoms with Crippen LogP contribution in [0.15, 0.2) is 54.7 Å². The fourth-order valence-electron chi connectivity index (χ4n) is 3.05. The molecule has 1 heterocycles. The molecule has 8 heteroatoms. The predicted octanol–water partition coefficient (Wildman–Crippen LogP) is 2.70. The van der Waals surface area contributed by atoms with E-state index in [1.807, 2.05) is 13.0 Å². The van der Waals surface area contributed by atoms with Crippen LogP contribution in [0.5, 0.6) is 5.75 Å². The number of benzene rings is 2. The van der Waals surface area contributed by atoms with E-state index < -0.39 is 6.23 Å². The fourth-order valence-corrected chi connectivity index (χ4v) is 3.05. The van der Waals surface area contributed by atoms with Crippen molar-refractivity contribution in [2.75, 3.05) is 6.61 Å². The van der Waals surface area contributed by atoms with Crippen LogP contribution < -0.4 is 11.1 Å². The number of amidine groups is 1. The van der Waals surface area contributed by atoms with Crippen molar-refractivity contribution in [2.24, 2.45) is 5.73 Å². The SMILES string of the molecule is CCOC(C(=O)NCc1ccc(C(=N)N)cc1)n1cc(C)c(-c2ccccc2O)n1. The van der Waals surface area contributed by atoms with Gasteiger partial charge in [-0.15, -0.1) is 0 Å². The molecule has 1 amide bonds. The lowest BCUT2D eigenvalue weighted by molar-refractivity contribution is -0.139. The fraction of sp³-hybridized carbons (Fsp3) is 0.227. The average Bonchev–Trinajstić information content (AvgIpc) is 3.11. The van der Waals surface area contributed by atoms with Crippen molar-refractivity contribution in [1.82, 2.24) is 15.1 Å². The largest absolute Gasteiger partial charge is 0.507 e. The Bertz CT molecular complexity index is 1040. The molecule has 0 spiro atoms. The number of ether oxygens (including phenoxy) is 1. The van der Waals surface area contributed by atoms with Crippen molar-refractivity contribution >= 4 is 11.7 Å². The maximum Gasteiger partial charge on any atom is 0.272 e. The van der Waals surface area contributed by atoms with Gasteiger partial charge < -0.3 is 20.9 Å². The van der Waals surface area contributed by atoms with Crippen LogP contribution in [0.3, 0.4) is 0 Å². The van der Waals surface area contributed by atoms with Crippen molar-refractivity contribution in [1.29, 1.82) is 5.41 Å². The lowest BCUT2D eigenvalue weighted by Gasteiger charge is -2.17. The van der Waals surface area contributed by atoms with Gasteiger partial charge in [0.25, 0.3) is 5.91 Å². The molecule has 0 fully saturated rings. The normalized spacial score (nSPS) is 11.8. The standard InChI is InChI=1S/C22H25N5O3/c1-3-30-22(21(29)25-12-15-8-10-16(11-9-15)20(23)24)27-13-14(2)19(26-27)17-6-4-5-7-18(17)28/h4-11,13,22,28H,3,12H2,1-2H3,(H3,23,24)(H,25,29). The molecule has 1 aromatic heterocycles. The zero-order valence-corrected chi connectivity index (χ0v) is 16.9. The summed E-state index contributed by atoms with van der Waals surface area (Å²) in [4.78, 5) is 12.8. The number of nitrogens with two attached hydrogens (primary N) is 1. The molecule has 1 atom stereocenters. The second-order valence-electron chi connectivity index (χ2n) is 6.79. The highest BCUT2D eigenvalue weighted by Gasteiger charge is 2.23. The van der Waals surface area contributed by atoms with Crippen molar-refractivity contribution in [3.8, 4) is 17.0 Å². The molecule has 0 saturated carbocycles. The highest BCUT2D eigenvalue weighted by Crippen LogP contribution is 2.30. The molecular formula is C22H25N5O3. The molecule has 0 aliphatic carbocycles. The average molecular weight is 407 g/mol. The van der Waals surface area contributed by atoms with Crippen LogP contribution in [-0.2, 0) is 16.1 Å². The third kappa shape index (κ3) is 4.66. The number of carbonyl (C=O) groups is 1. The summed E-state index contributed by atoms with van der Waals surface area (Å²) in [5.41, 5.74) is 8.95. The minimum absolute atomic E-state index is 0.00342. The van der Waals surface area contributed by atoms with Gasteiger partial charge in [0.05, 0.1) is 5.69 Å². The number of para-hydroxylation sites is 1. The third-order valence-corrected chi connectivity index (χ3v) is 4.59. The summed E-state index contributed by atoms with van der Waals surface area (Å²) in [6, 6.07) is 14.0. The lowest BCUT2D eigenvalue weighted by Crippen LogP contribution is -2.34. The number of hydrogen-bond acceptors (Lipinski definition) is 5. The van der Waals surface area contributed by atoms with Gasteiger partial charge >= 0.3 is 0 Å². The summed E-state index contributed by atoms with van der Waals surface area (Å²) in [6.45, 7) is 4.30. The van der Waals surface area contributed by atoms with Crippen LogP contribution in [0.2, 0.25) is 0 Å². The van der Waals surface area contributed by atoms with Gasteiger partial charge in [-0.2, -0.15) is 5.10 Å². The molecule has 0 aliphatic heterocycles. The first-order valence-electron chi connectivity index (χ1n) is 9.57. The summed E-state index contributed by atoms with van der Waals surface area (Å²) in [5.74, 6) is -0.215. The van der Waals surface area contributed by atoms with Gasteiger partial charge in [-0.3, -0.25) is 10.2 Å². The van der Waals surface area contributed by atoms with E-state index in [0.29, 0.717) is 30.0 Å². The number of aromatic hydroxyl groups is 1. The Morgan fingerprint density at radius 3 is 2.60 bits per heavy atom. The molecule has 0 saturated heterocycles. The lowest BCUT2D eigenvalue weighted by atomic mass is 10.1. The second-order valence-corrected chi connectivity index (χ2v) is 6.79. The van der Waals surface area contributed by atoms with E-state index in [1.54, 1.807) is 55.6 Å². The van der Waals surface area contributed by atoms with Crippen LogP contribution in [0.4, 0.5) is 0 Å². The Kier molecular flexibility index (Phi) is 6.48. The van der Waals surface area contributed by atoms with E-state index in [0.717, 1.165) is 11.1 Å². The molecule has 0 radical (unpaired) electrons. The monoisotopic (exact) mass is 407 g/mol. The van der Waals surface area contributed by atoms with Crippen molar-refractivity contribution < 1.29 is 14.6 Å². The molecular weight excluding hydrogens is 382 g/mol. The third-order valence-electron chi connectivity index (χ3n) is 4.59. The molecule has 0 bridgehead atoms. The van der Waals surface area contributed by atoms with Crippen LogP contribution in [-0.4, -0.2) is 33.2 Å². The summed E-state index contributed by atoms with van der Waals surface area (Å²) in [6.07, 6.45) is 0.786. The Labute approximate surface area is 174 Å². The predicted molar refractivity (Wildman–Crippen MR) is 114 cm³/mol. The van der Waals surface area contributed by atoms with E-state index >= 15 is 0 Å². The number of nitrogens with one attached hydrogen (secondary N) is 2. The van der Waals surface area contributed by atoms with Crippen molar-refractivity contribution in [3.63, 3.8) is 0 Å². The first-order chi connectivity index (χ1) is 14.4. The number of amides is 1. The van der Waals surface area contributed by atoms with Crippen molar-refractivity contribution in [2.45, 2.75) is 26.6 Å². The Hall–Kier alpha value is -3.65. The quantitative estimate of drug-likeness (QED) is 0.337. The maximum atomic E-state index is 12.8. The van der Waals surface area contributed by atoms with E-state index in [9.17, 15) is 9.90 Å². The van der Waals surface area contributed by atoms with Gasteiger partial charge in [0, 0.05) is 30.5 Å². The number of phenols is 1. The van der Waals surface area contributed by atoms with E-state index in [-0.39, 0.29) is 17.5 Å². The Morgan fingerprint density at radius 2 is 1.97 bits per heavy atom. The molecule has 8 nitrogen and oxygen atoms in total. The molecule has 156 valence electrons. The minimum Gasteiger partial charge on any atom is -0.507 e. The van der Waals surface area contributed by atoms with Crippen molar-refractivity contribution in [3.05, 3.63) is 71.4 Å². The van der Waals surface area contributed by atoms with Gasteiger partial charge in [-0.25, -0.2) is 4.68 Å². The first kappa shape index (κ1) is 21.1. The van der Waals surface area contributed by atoms with Gasteiger partial charge in [0.2, 0.25) is 6.23 Å². The van der Waals surface area contributed by atoms with Gasteiger partial charge in [0.1, 0.15) is 11.6 Å². The van der Waals surface area contributed by atoms with E-state index in [1.165, 1.54) is 4.68 Å². The number of carbonyl (C=O) groups excluding carboxylic acids is 1. The van der Waals surface area contributed by atoms with E-state index in [4.69, 9.17) is 15.9 Å². The number of hydrogen-bond donors (Lipinski definition) is 4. The topological polar surface area (TPSA) is 126 Å². The number of nitrogen functional groups attached to an aromatic ring is 1. The number of rotatable bonds is 8. The smallest absolute Gasteiger partial charge is 0.272 e. The highest BCUT2D eigenvalue weighted by molar-refractivity contribution is 5.94. The molecule has 3 aromatic rings. The summed E-state index contributed by atoms with van der Waals surface area (Å²) < 4.78 is 7.11. The van der Waals surface area contributed by atoms with E-state index in [2.05, 4.69) is 10.4 Å². The summed E-state index contributed by atoms with van der Waals surface area (Å²) in [7, 11) is 0. The Morgan fingerprint density at radius 1 is 1.27 bits per heavy atom. The van der Waals surface area contributed by atoms with Crippen LogP contribution in [0.25, 0.3) is 11.3 Å². The second kappa shape index (κ2) is 9.23. The minimum atomic E-state index is -0.940. The van der Waals surface area contributed by atoms with Crippen LogP contribution in [0.1, 0.15) is 29.8 Å². The van der Waals surface area contributed by atoms with Crippen LogP contribution in [0, 0.1) is 12.3 Å². The number of nitrogens with zero attached hydrogens (tertiary/aromatic N) is 2. The number of aryl methyl sites for hydroxylation is 1. The highest BCUT2D eigenvalue weighted by atomic mass is 16.5. The van der Waals surface area contributed by atoms with Crippen LogP contribution >= 0.6 is 0 Å². The maximum absolute atomic E-state index is 12.8. The Balaban J connectivity index is 1.77. The molecule has 2 aromatic carbocycles. The number of phenolic OH excluding ortho intramolecular Hbond substituents is 1. The molecule has 5 N–H and O–H groups in total. The van der Waals surface area contributed by atoms with Gasteiger partial charge in [-0.05, 0) is 37.1 Å². The number of aromatic nitrogens is 2. The molecule has 0 aliphatic rings. The molecule has 30 heavy (non-hydrogen) atoms. The summed E-state index contributed by atoms with van der Waals surface area (Å²) in [5, 5.41) is 24.9.